The van der Waals surface area contributed by atoms with E-state index in [1.165, 1.54) is 0 Å². The van der Waals surface area contributed by atoms with Gasteiger partial charge in [-0.1, -0.05) is 11.3 Å². The van der Waals surface area contributed by atoms with E-state index in [1.54, 1.807) is 29.9 Å². The maximum atomic E-state index is 11.9. The van der Waals surface area contributed by atoms with E-state index in [0.29, 0.717) is 12.2 Å². The zero-order valence-electron chi connectivity index (χ0n) is 13.2. The highest BCUT2D eigenvalue weighted by Gasteiger charge is 2.15. The Morgan fingerprint density at radius 3 is 2.96 bits per heavy atom. The smallest absolute Gasteiger partial charge is 0.338 e. The van der Waals surface area contributed by atoms with Crippen LogP contribution in [0.4, 0.5) is 0 Å². The molecule has 0 saturated carbocycles. The van der Waals surface area contributed by atoms with Crippen LogP contribution >= 0.6 is 0 Å². The molecule has 1 aliphatic heterocycles. The van der Waals surface area contributed by atoms with Crippen LogP contribution < -0.4 is 5.32 Å². The number of hydrogen-bond donors (Lipinski definition) is 1. The first-order chi connectivity index (χ1) is 11.3. The Labute approximate surface area is 135 Å². The van der Waals surface area contributed by atoms with Crippen molar-refractivity contribution in [3.63, 3.8) is 0 Å². The largest absolute Gasteiger partial charge is 0.462 e. The Kier molecular flexibility index (Phi) is 4.99. The third-order valence-electron chi connectivity index (χ3n) is 3.82. The van der Waals surface area contributed by atoms with Crippen molar-refractivity contribution in [2.75, 3.05) is 32.8 Å². The van der Waals surface area contributed by atoms with Gasteiger partial charge in [-0.25, -0.2) is 9.48 Å². The van der Waals surface area contributed by atoms with E-state index in [4.69, 9.17) is 4.74 Å². The highest BCUT2D eigenvalue weighted by molar-refractivity contribution is 5.90. The Morgan fingerprint density at radius 1 is 1.35 bits per heavy atom. The van der Waals surface area contributed by atoms with Gasteiger partial charge < -0.3 is 10.1 Å². The van der Waals surface area contributed by atoms with Crippen LogP contribution in [0.25, 0.3) is 5.69 Å². The van der Waals surface area contributed by atoms with E-state index < -0.39 is 0 Å². The van der Waals surface area contributed by atoms with Crippen molar-refractivity contribution in [3.8, 4) is 5.69 Å². The number of carbonyl (C=O) groups is 1. The molecule has 0 bridgehead atoms. The van der Waals surface area contributed by atoms with E-state index in [0.717, 1.165) is 44.1 Å². The highest BCUT2D eigenvalue weighted by Crippen LogP contribution is 2.14. The molecule has 0 unspecified atom stereocenters. The predicted molar refractivity (Wildman–Crippen MR) is 85.5 cm³/mol. The lowest BCUT2D eigenvalue weighted by Crippen LogP contribution is -2.43. The van der Waals surface area contributed by atoms with Crippen LogP contribution in [0.5, 0.6) is 0 Å². The lowest BCUT2D eigenvalue weighted by atomic mass is 10.2. The minimum Gasteiger partial charge on any atom is -0.462 e. The van der Waals surface area contributed by atoms with Gasteiger partial charge in [-0.3, -0.25) is 4.90 Å². The molecule has 23 heavy (non-hydrogen) atoms. The van der Waals surface area contributed by atoms with Crippen molar-refractivity contribution in [1.82, 2.24) is 25.2 Å². The second-order valence-corrected chi connectivity index (χ2v) is 5.43. The van der Waals surface area contributed by atoms with Crippen molar-refractivity contribution in [2.45, 2.75) is 13.5 Å². The Bertz CT molecular complexity index is 664. The second-order valence-electron chi connectivity index (χ2n) is 5.43. The molecule has 0 spiro atoms. The Morgan fingerprint density at radius 2 is 2.17 bits per heavy atom. The molecule has 7 heteroatoms. The maximum Gasteiger partial charge on any atom is 0.338 e. The number of esters is 1. The summed E-state index contributed by atoms with van der Waals surface area (Å²) in [6.07, 6.45) is 1.78. The standard InChI is InChI=1S/C16H21N5O2/c1-2-23-16(22)13-4-3-5-14(10-13)21-15(11-18-19-21)12-20-8-6-17-7-9-20/h3-5,10-11,17H,2,6-9,12H2,1H3. The molecule has 1 aromatic heterocycles. The van der Waals surface area contributed by atoms with Crippen molar-refractivity contribution in [2.24, 2.45) is 0 Å². The summed E-state index contributed by atoms with van der Waals surface area (Å²) in [4.78, 5) is 14.2. The summed E-state index contributed by atoms with van der Waals surface area (Å²) in [6.45, 7) is 6.96. The first kappa shape index (κ1) is 15.6. The summed E-state index contributed by atoms with van der Waals surface area (Å²) in [7, 11) is 0. The first-order valence-corrected chi connectivity index (χ1v) is 7.88. The maximum absolute atomic E-state index is 11.9. The molecule has 1 aromatic carbocycles. The topological polar surface area (TPSA) is 72.3 Å². The minimum absolute atomic E-state index is 0.321. The Hall–Kier alpha value is -2.25. The summed E-state index contributed by atoms with van der Waals surface area (Å²) in [5.74, 6) is -0.321. The van der Waals surface area contributed by atoms with Crippen molar-refractivity contribution < 1.29 is 9.53 Å². The van der Waals surface area contributed by atoms with Crippen LogP contribution in [0.1, 0.15) is 23.0 Å². The van der Waals surface area contributed by atoms with Gasteiger partial charge in [0, 0.05) is 32.7 Å². The third kappa shape index (κ3) is 3.75. The fourth-order valence-electron chi connectivity index (χ4n) is 2.66. The molecule has 0 radical (unpaired) electrons. The van der Waals surface area contributed by atoms with E-state index in [-0.39, 0.29) is 5.97 Å². The van der Waals surface area contributed by atoms with Crippen LogP contribution in [-0.2, 0) is 11.3 Å². The van der Waals surface area contributed by atoms with Crippen LogP contribution in [0.3, 0.4) is 0 Å². The van der Waals surface area contributed by atoms with Gasteiger partial charge in [0.2, 0.25) is 0 Å². The predicted octanol–water partition coefficient (Wildman–Crippen LogP) is 0.849. The summed E-state index contributed by atoms with van der Waals surface area (Å²) in [5.41, 5.74) is 2.35. The lowest BCUT2D eigenvalue weighted by Gasteiger charge is -2.26. The van der Waals surface area contributed by atoms with Crippen molar-refractivity contribution in [1.29, 1.82) is 0 Å². The highest BCUT2D eigenvalue weighted by atomic mass is 16.5. The van der Waals surface area contributed by atoms with Gasteiger partial charge >= 0.3 is 5.97 Å². The molecule has 7 nitrogen and oxygen atoms in total. The van der Waals surface area contributed by atoms with Crippen LogP contribution in [0.15, 0.2) is 30.5 Å². The number of ether oxygens (including phenoxy) is 1. The molecule has 0 amide bonds. The molecule has 1 N–H and O–H groups in total. The Balaban J connectivity index is 1.80. The van der Waals surface area contributed by atoms with Crippen LogP contribution in [0, 0.1) is 0 Å². The van der Waals surface area contributed by atoms with Gasteiger partial charge in [-0.15, -0.1) is 5.10 Å². The van der Waals surface area contributed by atoms with Crippen molar-refractivity contribution >= 4 is 5.97 Å². The van der Waals surface area contributed by atoms with E-state index in [9.17, 15) is 4.79 Å². The summed E-state index contributed by atoms with van der Waals surface area (Å²) in [5, 5.41) is 11.5. The van der Waals surface area contributed by atoms with Gasteiger partial charge in [-0.2, -0.15) is 0 Å². The number of piperazine rings is 1. The number of rotatable bonds is 5. The van der Waals surface area contributed by atoms with Crippen molar-refractivity contribution in [3.05, 3.63) is 41.7 Å². The number of hydrogen-bond acceptors (Lipinski definition) is 6. The number of nitrogens with one attached hydrogen (secondary N) is 1. The molecule has 1 fully saturated rings. The third-order valence-corrected chi connectivity index (χ3v) is 3.82. The number of carbonyl (C=O) groups excluding carboxylic acids is 1. The zero-order chi connectivity index (χ0) is 16.1. The number of nitrogens with zero attached hydrogens (tertiary/aromatic N) is 4. The number of benzene rings is 1. The average Bonchev–Trinajstić information content (AvgIpc) is 3.04. The molecule has 0 aliphatic carbocycles. The van der Waals surface area contributed by atoms with Gasteiger partial charge in [0.1, 0.15) is 0 Å². The normalized spacial score (nSPS) is 15.5. The quantitative estimate of drug-likeness (QED) is 0.825. The lowest BCUT2D eigenvalue weighted by molar-refractivity contribution is 0.0526. The van der Waals surface area contributed by atoms with Crippen LogP contribution in [0.2, 0.25) is 0 Å². The molecule has 1 aliphatic rings. The van der Waals surface area contributed by atoms with Gasteiger partial charge in [0.05, 0.1) is 29.7 Å². The van der Waals surface area contributed by atoms with Gasteiger partial charge in [0.25, 0.3) is 0 Å². The molecule has 2 heterocycles. The zero-order valence-corrected chi connectivity index (χ0v) is 13.2. The summed E-state index contributed by atoms with van der Waals surface area (Å²) in [6, 6.07) is 7.28. The molecule has 1 saturated heterocycles. The van der Waals surface area contributed by atoms with E-state index in [1.807, 2.05) is 12.1 Å². The first-order valence-electron chi connectivity index (χ1n) is 7.88. The van der Waals surface area contributed by atoms with Gasteiger partial charge in [-0.05, 0) is 25.1 Å². The second kappa shape index (κ2) is 7.34. The summed E-state index contributed by atoms with van der Waals surface area (Å²) >= 11 is 0. The van der Waals surface area contributed by atoms with E-state index in [2.05, 4.69) is 20.5 Å². The minimum atomic E-state index is -0.321. The summed E-state index contributed by atoms with van der Waals surface area (Å²) < 4.78 is 6.84. The molecular weight excluding hydrogens is 294 g/mol. The fourth-order valence-corrected chi connectivity index (χ4v) is 2.66. The monoisotopic (exact) mass is 315 g/mol. The van der Waals surface area contributed by atoms with E-state index >= 15 is 0 Å². The van der Waals surface area contributed by atoms with Gasteiger partial charge in [0.15, 0.2) is 0 Å². The average molecular weight is 315 g/mol. The molecule has 122 valence electrons. The number of aromatic nitrogens is 3. The molecular formula is C16H21N5O2. The SMILES string of the molecule is CCOC(=O)c1cccc(-n2nncc2CN2CCNCC2)c1. The molecule has 3 rings (SSSR count). The fraction of sp³-hybridized carbons (Fsp3) is 0.438. The van der Waals surface area contributed by atoms with Crippen LogP contribution in [-0.4, -0.2) is 58.6 Å². The molecule has 2 aromatic rings. The molecule has 0 atom stereocenters.